The summed E-state index contributed by atoms with van der Waals surface area (Å²) in [5.74, 6) is -0.414. The van der Waals surface area contributed by atoms with Crippen LogP contribution in [0.15, 0.2) is 77.6 Å². The van der Waals surface area contributed by atoms with E-state index in [-0.39, 0.29) is 5.56 Å². The van der Waals surface area contributed by atoms with Crippen molar-refractivity contribution < 1.29 is 12.8 Å². The number of hydrogen-bond donors (Lipinski definition) is 1. The van der Waals surface area contributed by atoms with E-state index in [9.17, 15) is 17.6 Å². The molecule has 4 rings (SSSR count). The molecule has 0 saturated heterocycles. The normalized spacial score (nSPS) is 11.5. The van der Waals surface area contributed by atoms with Gasteiger partial charge in [0.25, 0.3) is 5.56 Å². The van der Waals surface area contributed by atoms with Gasteiger partial charge in [0.1, 0.15) is 5.82 Å². The number of nitrogens with zero attached hydrogens (tertiary/aromatic N) is 2. The van der Waals surface area contributed by atoms with Crippen LogP contribution >= 0.6 is 0 Å². The number of anilines is 1. The molecular weight excluding hydrogens is 393 g/mol. The lowest BCUT2D eigenvalue weighted by Gasteiger charge is -2.12. The monoisotopic (exact) mass is 409 g/mol. The third-order valence-corrected chi connectivity index (χ3v) is 4.92. The van der Waals surface area contributed by atoms with Gasteiger partial charge in [-0.3, -0.25) is 9.52 Å². The van der Waals surface area contributed by atoms with E-state index in [1.165, 1.54) is 28.9 Å². The Kier molecular flexibility index (Phi) is 4.63. The largest absolute Gasteiger partial charge is 0.284 e. The lowest BCUT2D eigenvalue weighted by molar-refractivity contribution is 0.607. The van der Waals surface area contributed by atoms with E-state index < -0.39 is 15.8 Å². The van der Waals surface area contributed by atoms with Gasteiger partial charge >= 0.3 is 0 Å². The molecule has 0 atom stereocenters. The van der Waals surface area contributed by atoms with Crippen molar-refractivity contribution in [2.45, 2.75) is 0 Å². The first-order chi connectivity index (χ1) is 13.8. The zero-order valence-electron chi connectivity index (χ0n) is 15.3. The minimum atomic E-state index is -3.44. The molecule has 1 heterocycles. The number of nitrogens with one attached hydrogen (secondary N) is 1. The van der Waals surface area contributed by atoms with Gasteiger partial charge in [-0.05, 0) is 42.5 Å². The number of aromatic nitrogens is 2. The summed E-state index contributed by atoms with van der Waals surface area (Å²) in [5.41, 5.74) is 1.61. The molecule has 0 saturated carbocycles. The first-order valence-electron chi connectivity index (χ1n) is 8.68. The molecule has 0 fully saturated rings. The predicted molar refractivity (Wildman–Crippen MR) is 111 cm³/mol. The Morgan fingerprint density at radius 2 is 1.62 bits per heavy atom. The van der Waals surface area contributed by atoms with Crippen LogP contribution in [-0.4, -0.2) is 24.5 Å². The van der Waals surface area contributed by atoms with Crippen molar-refractivity contribution in [1.82, 2.24) is 9.78 Å². The van der Waals surface area contributed by atoms with Crippen LogP contribution in [0.3, 0.4) is 0 Å². The van der Waals surface area contributed by atoms with E-state index in [1.54, 1.807) is 48.5 Å². The van der Waals surface area contributed by atoms with Crippen LogP contribution in [0.5, 0.6) is 0 Å². The average Bonchev–Trinajstić information content (AvgIpc) is 2.68. The molecule has 1 aromatic heterocycles. The highest BCUT2D eigenvalue weighted by atomic mass is 32.2. The quantitative estimate of drug-likeness (QED) is 0.559. The molecule has 29 heavy (non-hydrogen) atoms. The number of halogens is 1. The highest BCUT2D eigenvalue weighted by Crippen LogP contribution is 2.27. The summed E-state index contributed by atoms with van der Waals surface area (Å²) < 4.78 is 40.1. The Hall–Kier alpha value is -3.52. The lowest BCUT2D eigenvalue weighted by atomic mass is 10.0. The van der Waals surface area contributed by atoms with Crippen molar-refractivity contribution in [3.05, 3.63) is 89.0 Å². The molecule has 146 valence electrons. The molecule has 0 amide bonds. The second kappa shape index (κ2) is 7.14. The first kappa shape index (κ1) is 18.8. The van der Waals surface area contributed by atoms with Gasteiger partial charge in [0.05, 0.1) is 23.0 Å². The molecule has 1 N–H and O–H groups in total. The molecule has 0 bridgehead atoms. The highest BCUT2D eigenvalue weighted by Gasteiger charge is 2.14. The number of hydrogen-bond acceptors (Lipinski definition) is 4. The van der Waals surface area contributed by atoms with Gasteiger partial charge in [0, 0.05) is 16.6 Å². The maximum atomic E-state index is 13.3. The molecule has 0 spiro atoms. The molecule has 4 aromatic rings. The maximum Gasteiger partial charge on any atom is 0.279 e. The lowest BCUT2D eigenvalue weighted by Crippen LogP contribution is -2.22. The van der Waals surface area contributed by atoms with E-state index in [0.717, 1.165) is 6.26 Å². The molecule has 0 aliphatic rings. The molecule has 0 radical (unpaired) electrons. The van der Waals surface area contributed by atoms with Crippen LogP contribution in [0.25, 0.3) is 27.7 Å². The molecule has 8 heteroatoms. The van der Waals surface area contributed by atoms with Crippen molar-refractivity contribution in [3.8, 4) is 16.9 Å². The summed E-state index contributed by atoms with van der Waals surface area (Å²) in [7, 11) is -3.44. The topological polar surface area (TPSA) is 81.1 Å². The second-order valence-electron chi connectivity index (χ2n) is 6.54. The van der Waals surface area contributed by atoms with Gasteiger partial charge in [0.15, 0.2) is 0 Å². The van der Waals surface area contributed by atoms with Gasteiger partial charge in [-0.1, -0.05) is 30.3 Å². The minimum absolute atomic E-state index is 0.332. The smallest absolute Gasteiger partial charge is 0.279 e. The number of sulfonamides is 1. The van der Waals surface area contributed by atoms with Crippen molar-refractivity contribution >= 4 is 26.5 Å². The fraction of sp³-hybridized carbons (Fsp3) is 0.0476. The van der Waals surface area contributed by atoms with E-state index >= 15 is 0 Å². The number of fused-ring (bicyclic) bond motifs is 1. The number of rotatable bonds is 4. The zero-order valence-corrected chi connectivity index (χ0v) is 16.2. The molecule has 0 aliphatic heterocycles. The standard InChI is InChI=1S/C21H16FN3O3S/c1-29(27,28)24-16-6-4-5-14(13-16)20-18-7-2-3-8-19(18)21(26)25(23-20)17-11-9-15(22)10-12-17/h2-13,24H,1H3. The summed E-state index contributed by atoms with van der Waals surface area (Å²) >= 11 is 0. The van der Waals surface area contributed by atoms with Crippen LogP contribution in [0.1, 0.15) is 0 Å². The average molecular weight is 409 g/mol. The predicted octanol–water partition coefficient (Wildman–Crippen LogP) is 3.56. The molecular formula is C21H16FN3O3S. The third-order valence-electron chi connectivity index (χ3n) is 4.32. The van der Waals surface area contributed by atoms with E-state index in [4.69, 9.17) is 0 Å². The number of benzene rings is 3. The van der Waals surface area contributed by atoms with Crippen LogP contribution < -0.4 is 10.3 Å². The summed E-state index contributed by atoms with van der Waals surface area (Å²) in [6, 6.07) is 19.3. The second-order valence-corrected chi connectivity index (χ2v) is 8.29. The van der Waals surface area contributed by atoms with Crippen LogP contribution in [0, 0.1) is 5.82 Å². The molecule has 3 aromatic carbocycles. The van der Waals surface area contributed by atoms with Crippen molar-refractivity contribution in [3.63, 3.8) is 0 Å². The van der Waals surface area contributed by atoms with Crippen molar-refractivity contribution in [1.29, 1.82) is 0 Å². The summed E-state index contributed by atoms with van der Waals surface area (Å²) in [5, 5.41) is 5.59. The van der Waals surface area contributed by atoms with Crippen LogP contribution in [0.2, 0.25) is 0 Å². The first-order valence-corrected chi connectivity index (χ1v) is 10.6. The van der Waals surface area contributed by atoms with E-state index in [2.05, 4.69) is 9.82 Å². The Balaban J connectivity index is 1.97. The molecule has 0 unspecified atom stereocenters. The maximum absolute atomic E-state index is 13.3. The highest BCUT2D eigenvalue weighted by molar-refractivity contribution is 7.92. The van der Waals surface area contributed by atoms with Gasteiger partial charge in [-0.25, -0.2) is 12.8 Å². The minimum Gasteiger partial charge on any atom is -0.284 e. The van der Waals surface area contributed by atoms with Crippen molar-refractivity contribution in [2.75, 3.05) is 11.0 Å². The Morgan fingerprint density at radius 1 is 0.931 bits per heavy atom. The summed E-state index contributed by atoms with van der Waals surface area (Å²) in [6.45, 7) is 0. The van der Waals surface area contributed by atoms with E-state index in [0.29, 0.717) is 33.4 Å². The SMILES string of the molecule is CS(=O)(=O)Nc1cccc(-c2nn(-c3ccc(F)cc3)c(=O)c3ccccc23)c1. The Labute approximate surface area is 166 Å². The van der Waals surface area contributed by atoms with Gasteiger partial charge in [0.2, 0.25) is 10.0 Å². The molecule has 0 aliphatic carbocycles. The van der Waals surface area contributed by atoms with Gasteiger partial charge in [-0.2, -0.15) is 9.78 Å². The molecule has 6 nitrogen and oxygen atoms in total. The van der Waals surface area contributed by atoms with Crippen LogP contribution in [0.4, 0.5) is 10.1 Å². The zero-order chi connectivity index (χ0) is 20.6. The Morgan fingerprint density at radius 3 is 2.31 bits per heavy atom. The van der Waals surface area contributed by atoms with Gasteiger partial charge in [-0.15, -0.1) is 0 Å². The van der Waals surface area contributed by atoms with E-state index in [1.807, 2.05) is 0 Å². The summed E-state index contributed by atoms with van der Waals surface area (Å²) in [4.78, 5) is 13.0. The van der Waals surface area contributed by atoms with Crippen LogP contribution in [-0.2, 0) is 10.0 Å². The Bertz CT molecular complexity index is 1380. The van der Waals surface area contributed by atoms with Gasteiger partial charge < -0.3 is 0 Å². The fourth-order valence-electron chi connectivity index (χ4n) is 3.10. The van der Waals surface area contributed by atoms with Crippen molar-refractivity contribution in [2.24, 2.45) is 0 Å². The fourth-order valence-corrected chi connectivity index (χ4v) is 3.66. The third kappa shape index (κ3) is 3.88. The summed E-state index contributed by atoms with van der Waals surface area (Å²) in [6.07, 6.45) is 1.07.